The van der Waals surface area contributed by atoms with E-state index >= 15 is 0 Å². The Hall–Kier alpha value is -2.85. The SMILES string of the molecule is NC1CCCCC1Nc1nc(NCc2c(O)cc(Cl)cc2O)c2n[nH]nc2n1. The highest BCUT2D eigenvalue weighted by Gasteiger charge is 2.23. The first kappa shape index (κ1) is 18.5. The van der Waals surface area contributed by atoms with E-state index in [1.54, 1.807) is 0 Å². The molecular formula is C17H21ClN8O2. The van der Waals surface area contributed by atoms with Gasteiger partial charge in [0.15, 0.2) is 11.3 Å². The summed E-state index contributed by atoms with van der Waals surface area (Å²) in [4.78, 5) is 8.88. The molecule has 1 aliphatic carbocycles. The molecule has 10 nitrogen and oxygen atoms in total. The summed E-state index contributed by atoms with van der Waals surface area (Å²) in [6.45, 7) is 0.107. The molecule has 1 fully saturated rings. The van der Waals surface area contributed by atoms with Gasteiger partial charge in [0.1, 0.15) is 11.5 Å². The third kappa shape index (κ3) is 3.73. The van der Waals surface area contributed by atoms with E-state index in [0.29, 0.717) is 28.5 Å². The second-order valence-electron chi connectivity index (χ2n) is 6.87. The van der Waals surface area contributed by atoms with Crippen LogP contribution < -0.4 is 16.4 Å². The molecule has 1 saturated carbocycles. The van der Waals surface area contributed by atoms with Crippen LogP contribution in [0.1, 0.15) is 31.2 Å². The van der Waals surface area contributed by atoms with Gasteiger partial charge in [0, 0.05) is 23.7 Å². The van der Waals surface area contributed by atoms with Crippen LogP contribution in [0.4, 0.5) is 11.8 Å². The van der Waals surface area contributed by atoms with Crippen molar-refractivity contribution in [3.63, 3.8) is 0 Å². The Kier molecular flexibility index (Phi) is 5.05. The number of aromatic hydroxyl groups is 2. The van der Waals surface area contributed by atoms with E-state index in [9.17, 15) is 10.2 Å². The first-order valence-corrected chi connectivity index (χ1v) is 9.44. The van der Waals surface area contributed by atoms with Crippen LogP contribution in [0.3, 0.4) is 0 Å². The van der Waals surface area contributed by atoms with Crippen LogP contribution in [0, 0.1) is 0 Å². The normalized spacial score (nSPS) is 19.6. The fourth-order valence-electron chi connectivity index (χ4n) is 3.40. The van der Waals surface area contributed by atoms with Crippen molar-refractivity contribution >= 4 is 34.5 Å². The molecule has 2 unspecified atom stereocenters. The molecule has 28 heavy (non-hydrogen) atoms. The van der Waals surface area contributed by atoms with E-state index in [4.69, 9.17) is 17.3 Å². The molecule has 4 rings (SSSR count). The van der Waals surface area contributed by atoms with Crippen LogP contribution in [0.2, 0.25) is 5.02 Å². The van der Waals surface area contributed by atoms with E-state index in [0.717, 1.165) is 25.7 Å². The number of nitrogens with two attached hydrogens (primary N) is 1. The number of H-pyrrole nitrogens is 1. The molecule has 0 aliphatic heterocycles. The zero-order valence-electron chi connectivity index (χ0n) is 15.0. The Morgan fingerprint density at radius 2 is 1.89 bits per heavy atom. The van der Waals surface area contributed by atoms with E-state index in [2.05, 4.69) is 36.0 Å². The second-order valence-corrected chi connectivity index (χ2v) is 7.30. The molecule has 2 atom stereocenters. The molecule has 0 amide bonds. The van der Waals surface area contributed by atoms with E-state index < -0.39 is 0 Å². The molecule has 1 aromatic carbocycles. The minimum atomic E-state index is -0.116. The lowest BCUT2D eigenvalue weighted by Crippen LogP contribution is -2.43. The van der Waals surface area contributed by atoms with Crippen LogP contribution in [0.5, 0.6) is 11.5 Å². The molecule has 0 saturated heterocycles. The maximum Gasteiger partial charge on any atom is 0.227 e. The van der Waals surface area contributed by atoms with Gasteiger partial charge in [-0.15, -0.1) is 5.10 Å². The molecule has 7 N–H and O–H groups in total. The zero-order chi connectivity index (χ0) is 19.7. The number of halogens is 1. The van der Waals surface area contributed by atoms with Crippen molar-refractivity contribution in [1.29, 1.82) is 0 Å². The van der Waals surface area contributed by atoms with Gasteiger partial charge in [-0.1, -0.05) is 24.4 Å². The van der Waals surface area contributed by atoms with Crippen molar-refractivity contribution in [2.24, 2.45) is 5.73 Å². The highest BCUT2D eigenvalue weighted by atomic mass is 35.5. The predicted octanol–water partition coefficient (Wildman–Crippen LogP) is 2.11. The third-order valence-electron chi connectivity index (χ3n) is 4.92. The first-order chi connectivity index (χ1) is 13.5. The van der Waals surface area contributed by atoms with Crippen LogP contribution in [-0.2, 0) is 6.54 Å². The number of rotatable bonds is 5. The van der Waals surface area contributed by atoms with E-state index in [-0.39, 0.29) is 35.2 Å². The summed E-state index contributed by atoms with van der Waals surface area (Å²) < 4.78 is 0. The Morgan fingerprint density at radius 3 is 2.64 bits per heavy atom. The molecule has 2 heterocycles. The monoisotopic (exact) mass is 404 g/mol. The van der Waals surface area contributed by atoms with E-state index in [1.807, 2.05) is 0 Å². The summed E-state index contributed by atoms with van der Waals surface area (Å²) in [5, 5.41) is 37.4. The lowest BCUT2D eigenvalue weighted by molar-refractivity contribution is 0.402. The maximum atomic E-state index is 10.0. The van der Waals surface area contributed by atoms with E-state index in [1.165, 1.54) is 12.1 Å². The Morgan fingerprint density at radius 1 is 1.14 bits per heavy atom. The number of benzene rings is 1. The minimum Gasteiger partial charge on any atom is -0.507 e. The minimum absolute atomic E-state index is 0.0460. The number of phenols is 2. The fraction of sp³-hybridized carbons (Fsp3) is 0.412. The molecule has 11 heteroatoms. The highest BCUT2D eigenvalue weighted by Crippen LogP contribution is 2.32. The van der Waals surface area contributed by atoms with Crippen LogP contribution in [-0.4, -0.2) is 47.7 Å². The average Bonchev–Trinajstić information content (AvgIpc) is 3.11. The highest BCUT2D eigenvalue weighted by molar-refractivity contribution is 6.30. The Bertz CT molecular complexity index is 971. The second kappa shape index (κ2) is 7.64. The van der Waals surface area contributed by atoms with Crippen molar-refractivity contribution in [3.8, 4) is 11.5 Å². The number of nitrogens with one attached hydrogen (secondary N) is 3. The summed E-state index contributed by atoms with van der Waals surface area (Å²) in [7, 11) is 0. The number of phenolic OH excluding ortho intramolecular Hbond substituents is 2. The summed E-state index contributed by atoms with van der Waals surface area (Å²) in [5.74, 6) is 0.583. The van der Waals surface area contributed by atoms with Crippen molar-refractivity contribution < 1.29 is 10.2 Å². The van der Waals surface area contributed by atoms with Crippen molar-refractivity contribution in [3.05, 3.63) is 22.7 Å². The van der Waals surface area contributed by atoms with Crippen LogP contribution in [0.15, 0.2) is 12.1 Å². The smallest absolute Gasteiger partial charge is 0.227 e. The molecular weight excluding hydrogens is 384 g/mol. The molecule has 0 radical (unpaired) electrons. The lowest BCUT2D eigenvalue weighted by atomic mass is 9.91. The average molecular weight is 405 g/mol. The zero-order valence-corrected chi connectivity index (χ0v) is 15.7. The molecule has 0 spiro atoms. The van der Waals surface area contributed by atoms with Gasteiger partial charge in [0.25, 0.3) is 0 Å². The van der Waals surface area contributed by atoms with Crippen molar-refractivity contribution in [1.82, 2.24) is 25.4 Å². The number of hydrogen-bond acceptors (Lipinski definition) is 9. The van der Waals surface area contributed by atoms with Gasteiger partial charge in [-0.2, -0.15) is 20.3 Å². The van der Waals surface area contributed by atoms with Gasteiger partial charge in [-0.3, -0.25) is 0 Å². The number of anilines is 2. The van der Waals surface area contributed by atoms with Gasteiger partial charge in [-0.25, -0.2) is 0 Å². The van der Waals surface area contributed by atoms with Crippen molar-refractivity contribution in [2.45, 2.75) is 44.3 Å². The van der Waals surface area contributed by atoms with Gasteiger partial charge in [-0.05, 0) is 25.0 Å². The summed E-state index contributed by atoms with van der Waals surface area (Å²) >= 11 is 5.83. The fourth-order valence-corrected chi connectivity index (χ4v) is 3.61. The number of hydrogen-bond donors (Lipinski definition) is 6. The molecule has 148 valence electrons. The quantitative estimate of drug-likeness (QED) is 0.374. The van der Waals surface area contributed by atoms with Gasteiger partial charge in [0.2, 0.25) is 11.6 Å². The summed E-state index contributed by atoms with van der Waals surface area (Å²) in [6.07, 6.45) is 4.15. The largest absolute Gasteiger partial charge is 0.507 e. The number of aromatic amines is 1. The van der Waals surface area contributed by atoms with Crippen molar-refractivity contribution in [2.75, 3.05) is 10.6 Å². The van der Waals surface area contributed by atoms with Gasteiger partial charge >= 0.3 is 0 Å². The number of fused-ring (bicyclic) bond motifs is 1. The standard InChI is InChI=1S/C17H21ClN8O2/c18-8-5-12(27)9(13(28)6-8)7-20-15-14-16(25-26-24-14)23-17(22-15)21-11-4-2-1-3-10(11)19/h5-6,10-11,27-28H,1-4,7,19H2,(H3,20,21,22,23,24,25,26). The van der Waals surface area contributed by atoms with Gasteiger partial charge < -0.3 is 26.6 Å². The maximum absolute atomic E-state index is 10.0. The Balaban J connectivity index is 1.59. The first-order valence-electron chi connectivity index (χ1n) is 9.06. The summed E-state index contributed by atoms with van der Waals surface area (Å²) in [6, 6.07) is 2.86. The lowest BCUT2D eigenvalue weighted by Gasteiger charge is -2.29. The summed E-state index contributed by atoms with van der Waals surface area (Å²) in [5.41, 5.74) is 7.35. The Labute approximate surface area is 165 Å². The van der Waals surface area contributed by atoms with Gasteiger partial charge in [0.05, 0.1) is 5.56 Å². The molecule has 3 aromatic rings. The topological polar surface area (TPSA) is 158 Å². The van der Waals surface area contributed by atoms with Crippen LogP contribution in [0.25, 0.3) is 11.2 Å². The number of aromatic nitrogens is 5. The third-order valence-corrected chi connectivity index (χ3v) is 5.14. The van der Waals surface area contributed by atoms with Crippen LogP contribution >= 0.6 is 11.6 Å². The molecule has 1 aliphatic rings. The molecule has 0 bridgehead atoms. The molecule has 2 aromatic heterocycles. The number of nitrogens with zero attached hydrogens (tertiary/aromatic N) is 4. The predicted molar refractivity (Wildman–Crippen MR) is 105 cm³/mol.